The lowest BCUT2D eigenvalue weighted by Crippen LogP contribution is -2.17. The number of amides is 1. The molecule has 1 atom stereocenters. The van der Waals surface area contributed by atoms with E-state index in [1.165, 1.54) is 0 Å². The van der Waals surface area contributed by atoms with Gasteiger partial charge in [-0.15, -0.1) is 0 Å². The van der Waals surface area contributed by atoms with E-state index in [1.807, 2.05) is 49.4 Å². The number of ether oxygens (including phenoxy) is 2. The van der Waals surface area contributed by atoms with Crippen molar-refractivity contribution in [1.29, 1.82) is 0 Å². The number of hydrogen-bond acceptors (Lipinski definition) is 4. The summed E-state index contributed by atoms with van der Waals surface area (Å²) < 4.78 is 11.2. The third-order valence-electron chi connectivity index (χ3n) is 5.28. The van der Waals surface area contributed by atoms with Crippen molar-refractivity contribution in [3.8, 4) is 17.2 Å². The Morgan fingerprint density at radius 3 is 2.30 bits per heavy atom. The molecule has 3 rings (SSSR count). The van der Waals surface area contributed by atoms with Gasteiger partial charge in [0.25, 0.3) is 0 Å². The molecule has 1 unspecified atom stereocenters. The van der Waals surface area contributed by atoms with Crippen molar-refractivity contribution in [2.45, 2.75) is 32.6 Å². The number of para-hydroxylation sites is 1. The maximum Gasteiger partial charge on any atom is 0.306 e. The predicted molar refractivity (Wildman–Crippen MR) is 128 cm³/mol. The highest BCUT2D eigenvalue weighted by Gasteiger charge is 2.18. The monoisotopic (exact) mass is 447 g/mol. The average molecular weight is 448 g/mol. The lowest BCUT2D eigenvalue weighted by molar-refractivity contribution is -0.142. The Morgan fingerprint density at radius 2 is 1.67 bits per heavy atom. The van der Waals surface area contributed by atoms with Crippen LogP contribution in [0.5, 0.6) is 17.2 Å². The second kappa shape index (κ2) is 11.7. The fourth-order valence-corrected chi connectivity index (χ4v) is 3.65. The van der Waals surface area contributed by atoms with E-state index in [4.69, 9.17) is 9.47 Å². The highest BCUT2D eigenvalue weighted by molar-refractivity contribution is 5.92. The first kappa shape index (κ1) is 23.9. The van der Waals surface area contributed by atoms with Gasteiger partial charge in [-0.05, 0) is 60.9 Å². The van der Waals surface area contributed by atoms with Crippen molar-refractivity contribution in [3.63, 3.8) is 0 Å². The van der Waals surface area contributed by atoms with E-state index >= 15 is 0 Å². The van der Waals surface area contributed by atoms with Gasteiger partial charge >= 0.3 is 5.97 Å². The van der Waals surface area contributed by atoms with Crippen molar-refractivity contribution in [2.24, 2.45) is 5.92 Å². The van der Waals surface area contributed by atoms with Crippen LogP contribution in [-0.2, 0) is 22.4 Å². The van der Waals surface area contributed by atoms with Crippen LogP contribution in [0.2, 0.25) is 0 Å². The maximum atomic E-state index is 12.7. The van der Waals surface area contributed by atoms with Crippen LogP contribution in [0.25, 0.3) is 0 Å². The van der Waals surface area contributed by atoms with Crippen LogP contribution in [0.4, 0.5) is 5.69 Å². The first-order chi connectivity index (χ1) is 16.0. The van der Waals surface area contributed by atoms with Crippen molar-refractivity contribution in [3.05, 3.63) is 83.9 Å². The van der Waals surface area contributed by atoms with Crippen LogP contribution >= 0.6 is 0 Å². The fraction of sp³-hybridized carbons (Fsp3) is 0.259. The Hall–Kier alpha value is -3.80. The van der Waals surface area contributed by atoms with Crippen LogP contribution in [0.1, 0.15) is 30.9 Å². The van der Waals surface area contributed by atoms with Crippen LogP contribution < -0.4 is 14.8 Å². The molecule has 0 saturated heterocycles. The zero-order valence-corrected chi connectivity index (χ0v) is 18.9. The minimum atomic E-state index is -0.799. The summed E-state index contributed by atoms with van der Waals surface area (Å²) in [5, 5.41) is 12.3. The zero-order valence-electron chi connectivity index (χ0n) is 18.9. The molecule has 0 spiro atoms. The van der Waals surface area contributed by atoms with Crippen LogP contribution in [0.15, 0.2) is 72.8 Å². The number of methoxy groups -OCH3 is 1. The molecule has 3 aromatic carbocycles. The van der Waals surface area contributed by atoms with Gasteiger partial charge in [-0.1, -0.05) is 43.7 Å². The Morgan fingerprint density at radius 1 is 0.970 bits per heavy atom. The van der Waals surface area contributed by atoms with Gasteiger partial charge < -0.3 is 19.9 Å². The molecule has 0 radical (unpaired) electrons. The summed E-state index contributed by atoms with van der Waals surface area (Å²) in [6.45, 7) is 1.97. The molecule has 0 aliphatic carbocycles. The molecule has 6 nitrogen and oxygen atoms in total. The van der Waals surface area contributed by atoms with E-state index < -0.39 is 11.9 Å². The maximum absolute atomic E-state index is 12.7. The molecule has 6 heteroatoms. The predicted octanol–water partition coefficient (Wildman–Crippen LogP) is 5.71. The molecule has 3 aromatic rings. The number of aliphatic carboxylic acids is 1. The Balaban J connectivity index is 1.64. The minimum absolute atomic E-state index is 0.116. The molecule has 0 aromatic heterocycles. The summed E-state index contributed by atoms with van der Waals surface area (Å²) in [7, 11) is 1.55. The van der Waals surface area contributed by atoms with Gasteiger partial charge in [0, 0.05) is 11.3 Å². The molecule has 33 heavy (non-hydrogen) atoms. The molecule has 0 fully saturated rings. The number of anilines is 1. The number of carbonyl (C=O) groups is 2. The summed E-state index contributed by atoms with van der Waals surface area (Å²) in [5.41, 5.74) is 2.25. The fourth-order valence-electron chi connectivity index (χ4n) is 3.65. The minimum Gasteiger partial charge on any atom is -0.496 e. The zero-order chi connectivity index (χ0) is 23.6. The normalized spacial score (nSPS) is 11.5. The number of carbonyl (C=O) groups excluding carboxylic acids is 1. The standard InChI is InChI=1S/C27H29NO5/c1-3-7-20(27(30)31)16-19-10-15-25(32-2)21(17-19)18-26(29)28-22-11-13-24(14-12-22)33-23-8-5-4-6-9-23/h4-6,8-15,17,20H,3,7,16,18H2,1-2H3,(H,28,29)(H,30,31). The molecule has 0 aliphatic heterocycles. The highest BCUT2D eigenvalue weighted by atomic mass is 16.5. The Bertz CT molecular complexity index is 1060. The first-order valence-electron chi connectivity index (χ1n) is 11.0. The molecule has 0 heterocycles. The Labute approximate surface area is 194 Å². The smallest absolute Gasteiger partial charge is 0.306 e. The van der Waals surface area contributed by atoms with Crippen LogP contribution in [-0.4, -0.2) is 24.1 Å². The topological polar surface area (TPSA) is 84.9 Å². The number of rotatable bonds is 11. The van der Waals surface area contributed by atoms with E-state index in [1.54, 1.807) is 37.4 Å². The van der Waals surface area contributed by atoms with E-state index in [-0.39, 0.29) is 12.3 Å². The average Bonchev–Trinajstić information content (AvgIpc) is 2.81. The van der Waals surface area contributed by atoms with E-state index in [2.05, 4.69) is 5.32 Å². The van der Waals surface area contributed by atoms with Gasteiger partial charge in [-0.2, -0.15) is 0 Å². The summed E-state index contributed by atoms with van der Waals surface area (Å²) in [6.07, 6.45) is 1.95. The Kier molecular flexibility index (Phi) is 8.47. The molecular formula is C27H29NO5. The van der Waals surface area contributed by atoms with Crippen molar-refractivity contribution < 1.29 is 24.2 Å². The second-order valence-corrected chi connectivity index (χ2v) is 7.84. The molecular weight excluding hydrogens is 418 g/mol. The van der Waals surface area contributed by atoms with E-state index in [0.717, 1.165) is 23.3 Å². The largest absolute Gasteiger partial charge is 0.496 e. The number of carboxylic acid groups (broad SMARTS) is 1. The lowest BCUT2D eigenvalue weighted by atomic mass is 9.93. The second-order valence-electron chi connectivity index (χ2n) is 7.84. The quantitative estimate of drug-likeness (QED) is 0.393. The summed E-state index contributed by atoms with van der Waals surface area (Å²) in [4.78, 5) is 24.2. The third kappa shape index (κ3) is 7.10. The van der Waals surface area contributed by atoms with Crippen molar-refractivity contribution in [2.75, 3.05) is 12.4 Å². The summed E-state index contributed by atoms with van der Waals surface area (Å²) in [6, 6.07) is 22.1. The van der Waals surface area contributed by atoms with Gasteiger partial charge in [-0.25, -0.2) is 0 Å². The van der Waals surface area contributed by atoms with Crippen LogP contribution in [0.3, 0.4) is 0 Å². The van der Waals surface area contributed by atoms with Gasteiger partial charge in [-0.3, -0.25) is 9.59 Å². The number of carboxylic acids is 1. The third-order valence-corrected chi connectivity index (χ3v) is 5.28. The summed E-state index contributed by atoms with van der Waals surface area (Å²) >= 11 is 0. The molecule has 2 N–H and O–H groups in total. The molecule has 1 amide bonds. The highest BCUT2D eigenvalue weighted by Crippen LogP contribution is 2.25. The number of hydrogen-bond donors (Lipinski definition) is 2. The lowest BCUT2D eigenvalue weighted by Gasteiger charge is -2.14. The SMILES string of the molecule is CCCC(Cc1ccc(OC)c(CC(=O)Nc2ccc(Oc3ccccc3)cc2)c1)C(=O)O. The van der Waals surface area contributed by atoms with Gasteiger partial charge in [0.2, 0.25) is 5.91 Å². The van der Waals surface area contributed by atoms with E-state index in [9.17, 15) is 14.7 Å². The molecule has 0 bridgehead atoms. The number of nitrogens with one attached hydrogen (secondary N) is 1. The van der Waals surface area contributed by atoms with Gasteiger partial charge in [0.1, 0.15) is 17.2 Å². The van der Waals surface area contributed by atoms with Crippen molar-refractivity contribution in [1.82, 2.24) is 0 Å². The van der Waals surface area contributed by atoms with Gasteiger partial charge in [0.15, 0.2) is 0 Å². The molecule has 172 valence electrons. The summed E-state index contributed by atoms with van der Waals surface area (Å²) in [5.74, 6) is 0.584. The molecule has 0 aliphatic rings. The van der Waals surface area contributed by atoms with E-state index in [0.29, 0.717) is 30.0 Å². The van der Waals surface area contributed by atoms with Crippen LogP contribution in [0, 0.1) is 5.92 Å². The molecule has 0 saturated carbocycles. The first-order valence-corrected chi connectivity index (χ1v) is 11.0. The van der Waals surface area contributed by atoms with Gasteiger partial charge in [0.05, 0.1) is 19.4 Å². The van der Waals surface area contributed by atoms with Crippen molar-refractivity contribution >= 4 is 17.6 Å². The number of benzene rings is 3.